The predicted octanol–water partition coefficient (Wildman–Crippen LogP) is 6.96. The van der Waals surface area contributed by atoms with E-state index in [1.165, 1.54) is 43.2 Å². The zero-order valence-corrected chi connectivity index (χ0v) is 19.7. The lowest BCUT2D eigenvalue weighted by Gasteiger charge is -2.08. The van der Waals surface area contributed by atoms with Gasteiger partial charge in [-0.25, -0.2) is 9.97 Å². The first kappa shape index (κ1) is 20.7. The number of rotatable bonds is 5. The zero-order chi connectivity index (χ0) is 23.2. The molecule has 4 heterocycles. The van der Waals surface area contributed by atoms with Gasteiger partial charge in [0.25, 0.3) is 0 Å². The van der Waals surface area contributed by atoms with Crippen molar-refractivity contribution >= 4 is 11.0 Å². The molecular formula is C29H29N5O. The van der Waals surface area contributed by atoms with Crippen molar-refractivity contribution in [1.82, 2.24) is 25.3 Å². The van der Waals surface area contributed by atoms with Crippen LogP contribution in [-0.2, 0) is 0 Å². The quantitative estimate of drug-likeness (QED) is 0.263. The van der Waals surface area contributed by atoms with Crippen LogP contribution in [0.25, 0.3) is 44.6 Å². The first-order chi connectivity index (χ1) is 17.3. The van der Waals surface area contributed by atoms with Crippen LogP contribution >= 0.6 is 0 Å². The summed E-state index contributed by atoms with van der Waals surface area (Å²) in [5.41, 5.74) is 7.52. The highest BCUT2D eigenvalue weighted by atomic mass is 16.3. The first-order valence-corrected chi connectivity index (χ1v) is 12.8. The predicted molar refractivity (Wildman–Crippen MR) is 138 cm³/mol. The van der Waals surface area contributed by atoms with Gasteiger partial charge in [0, 0.05) is 16.9 Å². The molecule has 0 spiro atoms. The molecule has 5 aromatic rings. The number of hydrogen-bond donors (Lipinski definition) is 3. The summed E-state index contributed by atoms with van der Waals surface area (Å²) in [7, 11) is 0. The second-order valence-corrected chi connectivity index (χ2v) is 9.90. The molecule has 0 unspecified atom stereocenters. The molecule has 176 valence electrons. The standard InChI is InChI=1S/C29H29N5O/c1-2-5-20(4-1)28-31-17-26(34-28)23-12-11-21(22-13-15-35-27(22)23)18-7-9-19(10-8-18)25-16-32-29(33-25)24-6-3-14-30-24/h7-13,15-17,20,24,30H,1-6,14H2,(H,31,34)(H,32,33)/t24-/m0/s1. The summed E-state index contributed by atoms with van der Waals surface area (Å²) >= 11 is 0. The molecule has 1 atom stereocenters. The van der Waals surface area contributed by atoms with Gasteiger partial charge in [0.1, 0.15) is 17.2 Å². The average Bonchev–Trinajstić information content (AvgIpc) is 3.72. The van der Waals surface area contributed by atoms with E-state index < -0.39 is 0 Å². The average molecular weight is 464 g/mol. The number of fused-ring (bicyclic) bond motifs is 1. The van der Waals surface area contributed by atoms with E-state index in [2.05, 4.69) is 62.7 Å². The third kappa shape index (κ3) is 3.69. The van der Waals surface area contributed by atoms with Crippen molar-refractivity contribution in [3.8, 4) is 33.6 Å². The van der Waals surface area contributed by atoms with E-state index in [9.17, 15) is 0 Å². The molecule has 7 rings (SSSR count). The number of hydrogen-bond acceptors (Lipinski definition) is 4. The van der Waals surface area contributed by atoms with E-state index in [0.717, 1.165) is 58.1 Å². The molecule has 0 radical (unpaired) electrons. The second-order valence-electron chi connectivity index (χ2n) is 9.90. The Morgan fingerprint density at radius 3 is 2.29 bits per heavy atom. The van der Waals surface area contributed by atoms with Crippen LogP contribution in [0.4, 0.5) is 0 Å². The molecule has 1 saturated carbocycles. The normalized spacial score (nSPS) is 18.7. The van der Waals surface area contributed by atoms with Crippen LogP contribution in [0, 0.1) is 0 Å². The Morgan fingerprint density at radius 2 is 1.46 bits per heavy atom. The number of nitrogens with one attached hydrogen (secondary N) is 3. The molecule has 35 heavy (non-hydrogen) atoms. The van der Waals surface area contributed by atoms with E-state index in [1.807, 2.05) is 12.4 Å². The topological polar surface area (TPSA) is 82.5 Å². The minimum absolute atomic E-state index is 0.347. The van der Waals surface area contributed by atoms with Crippen LogP contribution < -0.4 is 5.32 Å². The highest BCUT2D eigenvalue weighted by Gasteiger charge is 2.22. The van der Waals surface area contributed by atoms with Gasteiger partial charge in [-0.05, 0) is 61.1 Å². The van der Waals surface area contributed by atoms with Gasteiger partial charge in [-0.15, -0.1) is 0 Å². The molecule has 2 fully saturated rings. The lowest BCUT2D eigenvalue weighted by molar-refractivity contribution is 0.613. The summed E-state index contributed by atoms with van der Waals surface area (Å²) in [5.74, 6) is 2.71. The number of imidazole rings is 2. The smallest absolute Gasteiger partial charge is 0.143 e. The van der Waals surface area contributed by atoms with Gasteiger partial charge in [-0.1, -0.05) is 43.2 Å². The number of furan rings is 1. The maximum Gasteiger partial charge on any atom is 0.143 e. The van der Waals surface area contributed by atoms with Crippen LogP contribution in [0.1, 0.15) is 62.1 Å². The lowest BCUT2D eigenvalue weighted by atomic mass is 9.97. The highest BCUT2D eigenvalue weighted by molar-refractivity contribution is 6.01. The Hall–Kier alpha value is -3.64. The van der Waals surface area contributed by atoms with Gasteiger partial charge in [0.15, 0.2) is 0 Å². The van der Waals surface area contributed by atoms with E-state index in [4.69, 9.17) is 9.40 Å². The summed E-state index contributed by atoms with van der Waals surface area (Å²) in [6.45, 7) is 1.07. The van der Waals surface area contributed by atoms with Crippen LogP contribution in [-0.4, -0.2) is 26.5 Å². The van der Waals surface area contributed by atoms with Crippen molar-refractivity contribution < 1.29 is 4.42 Å². The molecular weight excluding hydrogens is 434 g/mol. The Balaban J connectivity index is 1.18. The number of aromatic amines is 2. The fraction of sp³-hybridized carbons (Fsp3) is 0.310. The van der Waals surface area contributed by atoms with Crippen LogP contribution in [0.5, 0.6) is 0 Å². The number of benzene rings is 2. The van der Waals surface area contributed by atoms with E-state index in [0.29, 0.717) is 12.0 Å². The Bertz CT molecular complexity index is 1460. The SMILES string of the molecule is c1cc2c(-c3ccc(-c4cnc([C@@H]5CCCN5)[nH]4)cc3)ccc(-c3cnc(C4CCCC4)[nH]3)c2o1. The molecule has 1 saturated heterocycles. The fourth-order valence-corrected chi connectivity index (χ4v) is 5.81. The molecule has 0 amide bonds. The largest absolute Gasteiger partial charge is 0.464 e. The monoisotopic (exact) mass is 463 g/mol. The maximum atomic E-state index is 5.98. The number of H-pyrrole nitrogens is 2. The zero-order valence-electron chi connectivity index (χ0n) is 19.7. The van der Waals surface area contributed by atoms with Crippen molar-refractivity contribution in [2.45, 2.75) is 50.5 Å². The summed E-state index contributed by atoms with van der Waals surface area (Å²) in [6, 6.07) is 15.4. The number of aromatic nitrogens is 4. The lowest BCUT2D eigenvalue weighted by Crippen LogP contribution is -2.14. The molecule has 3 N–H and O–H groups in total. The van der Waals surface area contributed by atoms with Crippen LogP contribution in [0.15, 0.2) is 65.5 Å². The number of nitrogens with zero attached hydrogens (tertiary/aromatic N) is 2. The second kappa shape index (κ2) is 8.54. The molecule has 2 aromatic carbocycles. The van der Waals surface area contributed by atoms with Crippen molar-refractivity contribution in [1.29, 1.82) is 0 Å². The molecule has 3 aromatic heterocycles. The van der Waals surface area contributed by atoms with Gasteiger partial charge in [0.2, 0.25) is 0 Å². The van der Waals surface area contributed by atoms with E-state index in [-0.39, 0.29) is 0 Å². The third-order valence-electron chi connectivity index (χ3n) is 7.74. The van der Waals surface area contributed by atoms with Gasteiger partial charge in [0.05, 0.1) is 36.1 Å². The van der Waals surface area contributed by atoms with Crippen LogP contribution in [0.2, 0.25) is 0 Å². The summed E-state index contributed by atoms with van der Waals surface area (Å²) in [5, 5.41) is 4.62. The molecule has 2 aliphatic rings. The van der Waals surface area contributed by atoms with Crippen molar-refractivity contribution in [2.75, 3.05) is 6.54 Å². The van der Waals surface area contributed by atoms with Gasteiger partial charge in [-0.2, -0.15) is 0 Å². The van der Waals surface area contributed by atoms with E-state index in [1.54, 1.807) is 6.26 Å². The Labute approximate surface area is 204 Å². The van der Waals surface area contributed by atoms with E-state index >= 15 is 0 Å². The summed E-state index contributed by atoms with van der Waals surface area (Å²) < 4.78 is 5.98. The molecule has 1 aliphatic carbocycles. The van der Waals surface area contributed by atoms with Crippen molar-refractivity contribution in [2.24, 2.45) is 0 Å². The van der Waals surface area contributed by atoms with Gasteiger partial charge < -0.3 is 19.7 Å². The summed E-state index contributed by atoms with van der Waals surface area (Å²) in [4.78, 5) is 16.4. The minimum Gasteiger partial charge on any atom is -0.464 e. The Kier molecular flexibility index (Phi) is 5.05. The maximum absolute atomic E-state index is 5.98. The molecule has 0 bridgehead atoms. The Morgan fingerprint density at radius 1 is 0.714 bits per heavy atom. The van der Waals surface area contributed by atoms with Crippen molar-refractivity contribution in [3.05, 3.63) is 72.8 Å². The van der Waals surface area contributed by atoms with Crippen LogP contribution in [0.3, 0.4) is 0 Å². The first-order valence-electron chi connectivity index (χ1n) is 12.8. The fourth-order valence-electron chi connectivity index (χ4n) is 5.81. The molecule has 1 aliphatic heterocycles. The highest BCUT2D eigenvalue weighted by Crippen LogP contribution is 2.38. The van der Waals surface area contributed by atoms with Crippen molar-refractivity contribution in [3.63, 3.8) is 0 Å². The third-order valence-corrected chi connectivity index (χ3v) is 7.74. The van der Waals surface area contributed by atoms with Gasteiger partial charge in [-0.3, -0.25) is 0 Å². The summed E-state index contributed by atoms with van der Waals surface area (Å²) in [6.07, 6.45) is 13.1. The van der Waals surface area contributed by atoms with Gasteiger partial charge >= 0.3 is 0 Å². The molecule has 6 nitrogen and oxygen atoms in total. The minimum atomic E-state index is 0.347. The molecule has 6 heteroatoms.